The summed E-state index contributed by atoms with van der Waals surface area (Å²) in [5.74, 6) is -0.123. The molecule has 2 atom stereocenters. The van der Waals surface area contributed by atoms with Gasteiger partial charge in [-0.05, 0) is 24.1 Å². The van der Waals surface area contributed by atoms with Crippen molar-refractivity contribution < 1.29 is 22.7 Å². The second-order valence-electron chi connectivity index (χ2n) is 5.08. The van der Waals surface area contributed by atoms with Gasteiger partial charge in [0.25, 0.3) is 0 Å². The van der Waals surface area contributed by atoms with E-state index in [2.05, 4.69) is 5.32 Å². The van der Waals surface area contributed by atoms with Crippen molar-refractivity contribution in [2.24, 2.45) is 11.7 Å². The minimum absolute atomic E-state index is 0.0596. The first-order chi connectivity index (χ1) is 10.3. The normalized spacial score (nSPS) is 14.3. The van der Waals surface area contributed by atoms with Crippen LogP contribution in [-0.2, 0) is 11.0 Å². The van der Waals surface area contributed by atoms with E-state index < -0.39 is 17.8 Å². The standard InChI is InChI=1S/C15H21F3N2O2/c1-3-10(2)13(19)14(21)20-7-8-22-12-6-4-5-11(9-12)15(16,17)18/h4-6,9-10,13H,3,7-8,19H2,1-2H3,(H,20,21). The second kappa shape index (κ2) is 8.03. The number of hydrogen-bond acceptors (Lipinski definition) is 3. The van der Waals surface area contributed by atoms with Gasteiger partial charge in [0.1, 0.15) is 12.4 Å². The topological polar surface area (TPSA) is 64.4 Å². The van der Waals surface area contributed by atoms with E-state index >= 15 is 0 Å². The summed E-state index contributed by atoms with van der Waals surface area (Å²) in [6.07, 6.45) is -3.62. The molecule has 0 fully saturated rings. The third kappa shape index (κ3) is 5.55. The van der Waals surface area contributed by atoms with Crippen molar-refractivity contribution in [3.63, 3.8) is 0 Å². The molecule has 2 unspecified atom stereocenters. The quantitative estimate of drug-likeness (QED) is 0.760. The lowest BCUT2D eigenvalue weighted by atomic mass is 9.99. The van der Waals surface area contributed by atoms with Crippen molar-refractivity contribution in [3.8, 4) is 5.75 Å². The molecule has 0 saturated carbocycles. The molecule has 3 N–H and O–H groups in total. The second-order valence-corrected chi connectivity index (χ2v) is 5.08. The number of nitrogens with one attached hydrogen (secondary N) is 1. The Morgan fingerprint density at radius 3 is 2.68 bits per heavy atom. The van der Waals surface area contributed by atoms with E-state index in [9.17, 15) is 18.0 Å². The van der Waals surface area contributed by atoms with Gasteiger partial charge < -0.3 is 15.8 Å². The summed E-state index contributed by atoms with van der Waals surface area (Å²) in [5.41, 5.74) is 4.98. The van der Waals surface area contributed by atoms with Crippen molar-refractivity contribution in [1.29, 1.82) is 0 Å². The molecule has 22 heavy (non-hydrogen) atoms. The van der Waals surface area contributed by atoms with Crippen molar-refractivity contribution in [3.05, 3.63) is 29.8 Å². The maximum absolute atomic E-state index is 12.5. The van der Waals surface area contributed by atoms with Crippen molar-refractivity contribution in [2.45, 2.75) is 32.5 Å². The number of rotatable bonds is 7. The van der Waals surface area contributed by atoms with Crippen LogP contribution in [0.1, 0.15) is 25.8 Å². The summed E-state index contributed by atoms with van der Waals surface area (Å²) in [7, 11) is 0. The summed E-state index contributed by atoms with van der Waals surface area (Å²) in [5, 5.41) is 2.60. The Kier molecular flexibility index (Phi) is 6.67. The van der Waals surface area contributed by atoms with Crippen LogP contribution in [0.5, 0.6) is 5.75 Å². The molecule has 1 rings (SSSR count). The van der Waals surface area contributed by atoms with Crippen molar-refractivity contribution in [2.75, 3.05) is 13.2 Å². The Morgan fingerprint density at radius 1 is 1.41 bits per heavy atom. The number of carbonyl (C=O) groups is 1. The predicted octanol–water partition coefficient (Wildman–Crippen LogP) is 2.57. The minimum atomic E-state index is -4.41. The van der Waals surface area contributed by atoms with Crippen LogP contribution in [0.25, 0.3) is 0 Å². The molecule has 0 bridgehead atoms. The summed E-state index contributed by atoms with van der Waals surface area (Å²) in [4.78, 5) is 11.7. The van der Waals surface area contributed by atoms with E-state index in [1.54, 1.807) is 0 Å². The van der Waals surface area contributed by atoms with Gasteiger partial charge in [-0.25, -0.2) is 0 Å². The molecule has 0 aliphatic heterocycles. The van der Waals surface area contributed by atoms with E-state index in [0.717, 1.165) is 18.6 Å². The van der Waals surface area contributed by atoms with Gasteiger partial charge in [-0.1, -0.05) is 26.3 Å². The van der Waals surface area contributed by atoms with Crippen molar-refractivity contribution in [1.82, 2.24) is 5.32 Å². The van der Waals surface area contributed by atoms with E-state index in [-0.39, 0.29) is 30.7 Å². The molecule has 0 radical (unpaired) electrons. The van der Waals surface area contributed by atoms with Crippen LogP contribution in [0.4, 0.5) is 13.2 Å². The molecule has 4 nitrogen and oxygen atoms in total. The average Bonchev–Trinajstić information content (AvgIpc) is 2.49. The van der Waals surface area contributed by atoms with Crippen LogP contribution in [0.3, 0.4) is 0 Å². The van der Waals surface area contributed by atoms with E-state index in [0.29, 0.717) is 0 Å². The first-order valence-electron chi connectivity index (χ1n) is 7.09. The molecule has 0 aromatic heterocycles. The highest BCUT2D eigenvalue weighted by molar-refractivity contribution is 5.81. The van der Waals surface area contributed by atoms with Crippen LogP contribution < -0.4 is 15.8 Å². The fraction of sp³-hybridized carbons (Fsp3) is 0.533. The molecule has 7 heteroatoms. The van der Waals surface area contributed by atoms with Crippen LogP contribution in [0, 0.1) is 5.92 Å². The lowest BCUT2D eigenvalue weighted by Gasteiger charge is -2.17. The van der Waals surface area contributed by atoms with Crippen LogP contribution in [-0.4, -0.2) is 25.1 Å². The smallest absolute Gasteiger partial charge is 0.416 e. The first kappa shape index (κ1) is 18.3. The Balaban J connectivity index is 2.41. The van der Waals surface area contributed by atoms with Gasteiger partial charge in [-0.15, -0.1) is 0 Å². The number of benzene rings is 1. The van der Waals surface area contributed by atoms with E-state index in [1.165, 1.54) is 12.1 Å². The molecule has 0 saturated heterocycles. The Bertz CT molecular complexity index is 492. The molecule has 0 heterocycles. The molecular weight excluding hydrogens is 297 g/mol. The molecule has 1 amide bonds. The molecular formula is C15H21F3N2O2. The highest BCUT2D eigenvalue weighted by Crippen LogP contribution is 2.31. The number of hydrogen-bond donors (Lipinski definition) is 2. The maximum atomic E-state index is 12.5. The van der Waals surface area contributed by atoms with Gasteiger partial charge in [0, 0.05) is 0 Å². The van der Waals surface area contributed by atoms with E-state index in [1.807, 2.05) is 13.8 Å². The number of ether oxygens (including phenoxy) is 1. The maximum Gasteiger partial charge on any atom is 0.416 e. The summed E-state index contributed by atoms with van der Waals surface area (Å²) in [6, 6.07) is 4.00. The SMILES string of the molecule is CCC(C)C(N)C(=O)NCCOc1cccc(C(F)(F)F)c1. The Hall–Kier alpha value is -1.76. The minimum Gasteiger partial charge on any atom is -0.492 e. The van der Waals surface area contributed by atoms with Gasteiger partial charge in [0.05, 0.1) is 18.2 Å². The molecule has 0 spiro atoms. The molecule has 0 aliphatic rings. The number of carbonyl (C=O) groups excluding carboxylic acids is 1. The molecule has 124 valence electrons. The van der Waals surface area contributed by atoms with Crippen LogP contribution in [0.2, 0.25) is 0 Å². The third-order valence-electron chi connectivity index (χ3n) is 3.39. The number of amides is 1. The lowest BCUT2D eigenvalue weighted by Crippen LogP contribution is -2.45. The monoisotopic (exact) mass is 318 g/mol. The fourth-order valence-electron chi connectivity index (χ4n) is 1.74. The van der Waals surface area contributed by atoms with Gasteiger partial charge in [-0.3, -0.25) is 4.79 Å². The largest absolute Gasteiger partial charge is 0.492 e. The number of alkyl halides is 3. The Morgan fingerprint density at radius 2 is 2.09 bits per heavy atom. The van der Waals surface area contributed by atoms with E-state index in [4.69, 9.17) is 10.5 Å². The molecule has 1 aromatic carbocycles. The predicted molar refractivity (Wildman–Crippen MR) is 77.4 cm³/mol. The zero-order valence-corrected chi connectivity index (χ0v) is 12.6. The average molecular weight is 318 g/mol. The molecule has 0 aliphatic carbocycles. The van der Waals surface area contributed by atoms with Crippen LogP contribution in [0.15, 0.2) is 24.3 Å². The van der Waals surface area contributed by atoms with Gasteiger partial charge in [0.2, 0.25) is 5.91 Å². The fourth-order valence-corrected chi connectivity index (χ4v) is 1.74. The van der Waals surface area contributed by atoms with Gasteiger partial charge >= 0.3 is 6.18 Å². The number of nitrogens with two attached hydrogens (primary N) is 1. The third-order valence-corrected chi connectivity index (χ3v) is 3.39. The van der Waals surface area contributed by atoms with Gasteiger partial charge in [0.15, 0.2) is 0 Å². The highest BCUT2D eigenvalue weighted by Gasteiger charge is 2.30. The Labute approximate surface area is 127 Å². The van der Waals surface area contributed by atoms with Crippen molar-refractivity contribution >= 4 is 5.91 Å². The number of halogens is 3. The first-order valence-corrected chi connectivity index (χ1v) is 7.09. The summed E-state index contributed by atoms with van der Waals surface area (Å²) >= 11 is 0. The molecule has 1 aromatic rings. The zero-order chi connectivity index (χ0) is 16.8. The lowest BCUT2D eigenvalue weighted by molar-refractivity contribution is -0.137. The summed E-state index contributed by atoms with van der Waals surface area (Å²) < 4.78 is 42.8. The highest BCUT2D eigenvalue weighted by atomic mass is 19.4. The summed E-state index contributed by atoms with van der Waals surface area (Å²) in [6.45, 7) is 4.07. The van der Waals surface area contributed by atoms with Crippen LogP contribution >= 0.6 is 0 Å². The van der Waals surface area contributed by atoms with Gasteiger partial charge in [-0.2, -0.15) is 13.2 Å². The zero-order valence-electron chi connectivity index (χ0n) is 12.6.